The zero-order valence-corrected chi connectivity index (χ0v) is 16.9. The van der Waals surface area contributed by atoms with Gasteiger partial charge in [0.25, 0.3) is 0 Å². The van der Waals surface area contributed by atoms with Crippen LogP contribution in [0, 0.1) is 0 Å². The largest absolute Gasteiger partial charge is 0.370 e. The molecule has 0 bridgehead atoms. The van der Waals surface area contributed by atoms with Crippen LogP contribution in [-0.2, 0) is 16.1 Å². The van der Waals surface area contributed by atoms with Crippen molar-refractivity contribution in [1.82, 2.24) is 0 Å². The smallest absolute Gasteiger partial charge is 0.243 e. The second kappa shape index (κ2) is 9.07. The zero-order chi connectivity index (χ0) is 20.1. The number of hydrogen-bond acceptors (Lipinski definition) is 3. The molecular weight excluding hydrogens is 362 g/mol. The van der Waals surface area contributed by atoms with Gasteiger partial charge in [-0.2, -0.15) is 0 Å². The molecule has 3 aromatic rings. The van der Waals surface area contributed by atoms with Crippen molar-refractivity contribution in [3.63, 3.8) is 0 Å². The monoisotopic (exact) mass is 390 g/mol. The summed E-state index contributed by atoms with van der Waals surface area (Å²) in [5, 5.41) is 5.38. The number of ether oxygens (including phenoxy) is 1. The molecule has 29 heavy (non-hydrogen) atoms. The molecular formula is C24H28N3O2+. The van der Waals surface area contributed by atoms with E-state index in [0.717, 1.165) is 44.2 Å². The summed E-state index contributed by atoms with van der Waals surface area (Å²) < 4.78 is 5.41. The Labute approximate surface area is 171 Å². The number of likely N-dealkylation sites (N-methyl/N-ethyl adjacent to an activating group) is 1. The number of carbonyl (C=O) groups is 1. The van der Waals surface area contributed by atoms with E-state index >= 15 is 0 Å². The van der Waals surface area contributed by atoms with Gasteiger partial charge in [0.1, 0.15) is 19.6 Å². The van der Waals surface area contributed by atoms with Crippen molar-refractivity contribution in [2.45, 2.75) is 6.54 Å². The van der Waals surface area contributed by atoms with E-state index < -0.39 is 0 Å². The molecule has 2 N–H and O–H groups in total. The molecule has 1 amide bonds. The first kappa shape index (κ1) is 19.4. The van der Waals surface area contributed by atoms with Gasteiger partial charge < -0.3 is 19.9 Å². The summed E-state index contributed by atoms with van der Waals surface area (Å²) in [6.07, 6.45) is 0. The summed E-state index contributed by atoms with van der Waals surface area (Å²) in [7, 11) is 1.94. The topological polar surface area (TPSA) is 46.0 Å². The van der Waals surface area contributed by atoms with Crippen LogP contribution in [0.15, 0.2) is 66.7 Å². The maximum atomic E-state index is 12.5. The van der Waals surface area contributed by atoms with Crippen LogP contribution in [0.2, 0.25) is 0 Å². The van der Waals surface area contributed by atoms with Crippen LogP contribution in [0.25, 0.3) is 10.8 Å². The first-order chi connectivity index (χ1) is 14.2. The normalized spacial score (nSPS) is 14.7. The van der Waals surface area contributed by atoms with Crippen LogP contribution < -0.4 is 15.1 Å². The zero-order valence-electron chi connectivity index (χ0n) is 16.9. The highest BCUT2D eigenvalue weighted by Gasteiger charge is 2.14. The Kier molecular flexibility index (Phi) is 6.08. The number of fused-ring (bicyclic) bond motifs is 1. The van der Waals surface area contributed by atoms with E-state index in [4.69, 9.17) is 4.74 Å². The average molecular weight is 391 g/mol. The summed E-state index contributed by atoms with van der Waals surface area (Å²) >= 11 is 0. The fourth-order valence-electron chi connectivity index (χ4n) is 3.75. The fourth-order valence-corrected chi connectivity index (χ4v) is 3.75. The van der Waals surface area contributed by atoms with Gasteiger partial charge in [-0.15, -0.1) is 0 Å². The summed E-state index contributed by atoms with van der Waals surface area (Å²) in [4.78, 5) is 16.0. The van der Waals surface area contributed by atoms with Crippen molar-refractivity contribution in [2.24, 2.45) is 0 Å². The van der Waals surface area contributed by atoms with Gasteiger partial charge in [0, 0.05) is 24.0 Å². The third kappa shape index (κ3) is 5.13. The predicted octanol–water partition coefficient (Wildman–Crippen LogP) is 2.33. The van der Waals surface area contributed by atoms with E-state index in [1.54, 1.807) is 4.90 Å². The molecule has 1 aliphatic heterocycles. The molecule has 0 radical (unpaired) electrons. The lowest BCUT2D eigenvalue weighted by Crippen LogP contribution is -3.12. The summed E-state index contributed by atoms with van der Waals surface area (Å²) in [5.74, 6) is -0.0211. The Hall–Kier alpha value is -2.89. The molecule has 150 valence electrons. The lowest BCUT2D eigenvalue weighted by molar-refractivity contribution is -0.921. The van der Waals surface area contributed by atoms with Crippen molar-refractivity contribution < 1.29 is 14.4 Å². The third-order valence-corrected chi connectivity index (χ3v) is 5.45. The molecule has 0 aromatic heterocycles. The van der Waals surface area contributed by atoms with E-state index in [9.17, 15) is 4.79 Å². The second-order valence-electron chi connectivity index (χ2n) is 7.67. The highest BCUT2D eigenvalue weighted by atomic mass is 16.5. The number of anilines is 2. The molecule has 0 atom stereocenters. The van der Waals surface area contributed by atoms with Crippen molar-refractivity contribution in [3.8, 4) is 0 Å². The number of benzene rings is 3. The van der Waals surface area contributed by atoms with Crippen LogP contribution in [0.1, 0.15) is 5.56 Å². The number of carbonyl (C=O) groups excluding carboxylic acids is 1. The van der Waals surface area contributed by atoms with Crippen LogP contribution in [0.3, 0.4) is 0 Å². The Bertz CT molecular complexity index is 965. The van der Waals surface area contributed by atoms with Gasteiger partial charge in [-0.25, -0.2) is 0 Å². The predicted molar refractivity (Wildman–Crippen MR) is 118 cm³/mol. The molecule has 0 saturated carbocycles. The summed E-state index contributed by atoms with van der Waals surface area (Å²) in [6.45, 7) is 5.10. The van der Waals surface area contributed by atoms with Gasteiger partial charge in [-0.3, -0.25) is 4.79 Å². The lowest BCUT2D eigenvalue weighted by Gasteiger charge is -2.23. The van der Waals surface area contributed by atoms with E-state index in [0.29, 0.717) is 6.54 Å². The maximum absolute atomic E-state index is 12.5. The maximum Gasteiger partial charge on any atom is 0.243 e. The number of morpholine rings is 1. The van der Waals surface area contributed by atoms with Gasteiger partial charge in [0.05, 0.1) is 19.8 Å². The minimum atomic E-state index is -0.0211. The molecule has 1 aliphatic rings. The first-order valence-corrected chi connectivity index (χ1v) is 10.2. The summed E-state index contributed by atoms with van der Waals surface area (Å²) in [6, 6.07) is 22.7. The van der Waals surface area contributed by atoms with Crippen molar-refractivity contribution in [2.75, 3.05) is 50.1 Å². The van der Waals surface area contributed by atoms with Crippen LogP contribution in [0.4, 0.5) is 11.4 Å². The molecule has 0 aliphatic carbocycles. The fraction of sp³-hybridized carbons (Fsp3) is 0.292. The standard InChI is InChI=1S/C24H27N3O2/c1-26(23-11-8-20-4-2-3-5-21(20)16-23)18-24(28)25-22-9-6-19(7-10-22)17-27-12-14-29-15-13-27/h2-11,16H,12-15,17-18H2,1H3,(H,25,28)/p+1. The number of quaternary nitrogens is 1. The Balaban J connectivity index is 1.32. The number of nitrogens with zero attached hydrogens (tertiary/aromatic N) is 1. The first-order valence-electron chi connectivity index (χ1n) is 10.2. The van der Waals surface area contributed by atoms with Crippen LogP contribution >= 0.6 is 0 Å². The minimum absolute atomic E-state index is 0.0211. The molecule has 5 heteroatoms. The van der Waals surface area contributed by atoms with Crippen molar-refractivity contribution in [1.29, 1.82) is 0 Å². The van der Waals surface area contributed by atoms with Crippen LogP contribution in [-0.4, -0.2) is 45.8 Å². The Morgan fingerprint density at radius 3 is 2.48 bits per heavy atom. The second-order valence-corrected chi connectivity index (χ2v) is 7.67. The summed E-state index contributed by atoms with van der Waals surface area (Å²) in [5.41, 5.74) is 3.15. The Morgan fingerprint density at radius 2 is 1.72 bits per heavy atom. The molecule has 1 fully saturated rings. The van der Waals surface area contributed by atoms with Gasteiger partial charge in [-0.05, 0) is 35.0 Å². The van der Waals surface area contributed by atoms with Gasteiger partial charge in [-0.1, -0.05) is 42.5 Å². The van der Waals surface area contributed by atoms with Crippen molar-refractivity contribution >= 4 is 28.1 Å². The van der Waals surface area contributed by atoms with E-state index in [1.807, 2.05) is 36.2 Å². The van der Waals surface area contributed by atoms with Crippen LogP contribution in [0.5, 0.6) is 0 Å². The quantitative estimate of drug-likeness (QED) is 0.679. The minimum Gasteiger partial charge on any atom is -0.370 e. The molecule has 0 spiro atoms. The van der Waals surface area contributed by atoms with E-state index in [2.05, 4.69) is 47.8 Å². The third-order valence-electron chi connectivity index (χ3n) is 5.45. The van der Waals surface area contributed by atoms with Crippen molar-refractivity contribution in [3.05, 3.63) is 72.3 Å². The molecule has 3 aromatic carbocycles. The van der Waals surface area contributed by atoms with E-state index in [-0.39, 0.29) is 5.91 Å². The number of hydrogen-bond donors (Lipinski definition) is 2. The highest BCUT2D eigenvalue weighted by molar-refractivity contribution is 5.94. The molecule has 1 heterocycles. The average Bonchev–Trinajstić information content (AvgIpc) is 2.75. The number of amides is 1. The van der Waals surface area contributed by atoms with Gasteiger partial charge >= 0.3 is 0 Å². The lowest BCUT2D eigenvalue weighted by atomic mass is 10.1. The van der Waals surface area contributed by atoms with Gasteiger partial charge in [0.15, 0.2) is 0 Å². The SMILES string of the molecule is CN(CC(=O)Nc1ccc(C[NH+]2CCOCC2)cc1)c1ccc2ccccc2c1. The Morgan fingerprint density at radius 1 is 1.00 bits per heavy atom. The molecule has 1 saturated heterocycles. The van der Waals surface area contributed by atoms with Gasteiger partial charge in [0.2, 0.25) is 5.91 Å². The molecule has 0 unspecified atom stereocenters. The number of nitrogens with one attached hydrogen (secondary N) is 2. The molecule has 4 rings (SSSR count). The molecule has 5 nitrogen and oxygen atoms in total. The van der Waals surface area contributed by atoms with E-state index in [1.165, 1.54) is 16.3 Å². The highest BCUT2D eigenvalue weighted by Crippen LogP contribution is 2.21. The number of rotatable bonds is 6.